The van der Waals surface area contributed by atoms with E-state index < -0.39 is 8.07 Å². The summed E-state index contributed by atoms with van der Waals surface area (Å²) in [5, 5.41) is 4.91. The Kier molecular flexibility index (Phi) is 7.88. The minimum absolute atomic E-state index is 0.350. The predicted octanol–water partition coefficient (Wildman–Crippen LogP) is 4.86. The summed E-state index contributed by atoms with van der Waals surface area (Å²) in [5.41, 5.74) is 0.846. The molecule has 0 aliphatic carbocycles. The van der Waals surface area contributed by atoms with E-state index in [0.29, 0.717) is 23.5 Å². The largest absolute Gasteiger partial charge is 0.359 e. The highest BCUT2D eigenvalue weighted by atomic mass is 35.5. The van der Waals surface area contributed by atoms with Crippen LogP contribution in [0.25, 0.3) is 5.57 Å². The van der Waals surface area contributed by atoms with Crippen LogP contribution >= 0.6 is 11.6 Å². The van der Waals surface area contributed by atoms with Crippen molar-refractivity contribution >= 4 is 37.4 Å². The third-order valence-electron chi connectivity index (χ3n) is 2.98. The average molecular weight is 355 g/mol. The number of hydrogen-bond donors (Lipinski definition) is 0. The Morgan fingerprint density at radius 1 is 1.43 bits per heavy atom. The molecular weight excluding hydrogens is 328 g/mol. The fourth-order valence-corrected chi connectivity index (χ4v) is 2.61. The van der Waals surface area contributed by atoms with Crippen molar-refractivity contribution in [3.8, 4) is 0 Å². The van der Waals surface area contributed by atoms with Gasteiger partial charge < -0.3 is 4.74 Å². The van der Waals surface area contributed by atoms with Gasteiger partial charge in [-0.3, -0.25) is 0 Å². The molecular formula is C16H27ClN4OSi. The Labute approximate surface area is 145 Å². The number of aromatic nitrogens is 3. The quantitative estimate of drug-likeness (QED) is 0.275. The molecule has 7 heteroatoms. The van der Waals surface area contributed by atoms with Crippen molar-refractivity contribution in [2.24, 2.45) is 4.99 Å². The maximum atomic E-state index is 5.81. The first-order chi connectivity index (χ1) is 10.7. The SMILES string of the molecule is C=C(Cl)/C=C(\C)c1nc(N=CCC)n(COCC[Si](C)(C)C)n1. The van der Waals surface area contributed by atoms with Gasteiger partial charge in [0.1, 0.15) is 6.73 Å². The van der Waals surface area contributed by atoms with Crippen LogP contribution in [0.5, 0.6) is 0 Å². The van der Waals surface area contributed by atoms with Crippen LogP contribution < -0.4 is 0 Å². The molecule has 23 heavy (non-hydrogen) atoms. The Hall–Kier alpha value is -1.24. The first-order valence-corrected chi connectivity index (χ1v) is 11.9. The van der Waals surface area contributed by atoms with E-state index in [4.69, 9.17) is 16.3 Å². The monoisotopic (exact) mass is 354 g/mol. The highest BCUT2D eigenvalue weighted by molar-refractivity contribution is 6.76. The summed E-state index contributed by atoms with van der Waals surface area (Å²) in [4.78, 5) is 8.79. The van der Waals surface area contributed by atoms with Crippen LogP contribution in [0.4, 0.5) is 5.95 Å². The van der Waals surface area contributed by atoms with Gasteiger partial charge in [-0.15, -0.1) is 5.10 Å². The molecule has 1 aromatic rings. The van der Waals surface area contributed by atoms with Crippen LogP contribution in [0.1, 0.15) is 26.1 Å². The first-order valence-electron chi connectivity index (χ1n) is 7.81. The van der Waals surface area contributed by atoms with Crippen LogP contribution in [0.15, 0.2) is 22.7 Å². The Morgan fingerprint density at radius 2 is 2.13 bits per heavy atom. The lowest BCUT2D eigenvalue weighted by Crippen LogP contribution is -2.22. The van der Waals surface area contributed by atoms with E-state index in [0.717, 1.165) is 24.6 Å². The predicted molar refractivity (Wildman–Crippen MR) is 101 cm³/mol. The number of ether oxygens (including phenoxy) is 1. The highest BCUT2D eigenvalue weighted by Crippen LogP contribution is 2.18. The van der Waals surface area contributed by atoms with Gasteiger partial charge in [0, 0.05) is 25.9 Å². The standard InChI is InChI=1S/C16H27ClN4OSi/c1-7-8-18-16-19-15(13(2)11-14(3)17)20-21(16)12-22-9-10-23(4,5)6/h8,11H,3,7,9-10,12H2,1-2,4-6H3/b13-11+,18-8?. The average Bonchev–Trinajstić information content (AvgIpc) is 2.83. The fraction of sp³-hybridized carbons (Fsp3) is 0.562. The highest BCUT2D eigenvalue weighted by Gasteiger charge is 2.14. The van der Waals surface area contributed by atoms with Gasteiger partial charge >= 0.3 is 0 Å². The molecule has 0 N–H and O–H groups in total. The van der Waals surface area contributed by atoms with E-state index in [1.54, 1.807) is 10.8 Å². The van der Waals surface area contributed by atoms with E-state index in [-0.39, 0.29) is 0 Å². The van der Waals surface area contributed by atoms with E-state index >= 15 is 0 Å². The summed E-state index contributed by atoms with van der Waals surface area (Å²) >= 11 is 5.81. The smallest absolute Gasteiger partial charge is 0.250 e. The molecule has 128 valence electrons. The van der Waals surface area contributed by atoms with Crippen molar-refractivity contribution < 1.29 is 4.74 Å². The lowest BCUT2D eigenvalue weighted by atomic mass is 10.3. The van der Waals surface area contributed by atoms with E-state index in [1.165, 1.54) is 0 Å². The molecule has 0 aliphatic rings. The van der Waals surface area contributed by atoms with Crippen molar-refractivity contribution in [2.45, 2.75) is 52.7 Å². The van der Waals surface area contributed by atoms with Crippen LogP contribution in [0, 0.1) is 0 Å². The second kappa shape index (κ2) is 9.15. The third kappa shape index (κ3) is 7.72. The minimum atomic E-state index is -1.09. The molecule has 0 spiro atoms. The van der Waals surface area contributed by atoms with Crippen molar-refractivity contribution in [3.63, 3.8) is 0 Å². The fourth-order valence-electron chi connectivity index (χ4n) is 1.68. The molecule has 0 aliphatic heterocycles. The molecule has 0 atom stereocenters. The summed E-state index contributed by atoms with van der Waals surface area (Å²) < 4.78 is 7.43. The zero-order valence-corrected chi connectivity index (χ0v) is 16.5. The minimum Gasteiger partial charge on any atom is -0.359 e. The van der Waals surface area contributed by atoms with Crippen LogP contribution in [0.3, 0.4) is 0 Å². The number of allylic oxidation sites excluding steroid dienone is 3. The number of hydrogen-bond acceptors (Lipinski definition) is 4. The normalized spacial score (nSPS) is 13.0. The van der Waals surface area contributed by atoms with Crippen molar-refractivity contribution in [1.29, 1.82) is 0 Å². The van der Waals surface area contributed by atoms with Crippen LogP contribution in [-0.2, 0) is 11.5 Å². The van der Waals surface area contributed by atoms with Gasteiger partial charge in [-0.05, 0) is 31.0 Å². The maximum Gasteiger partial charge on any atom is 0.250 e. The van der Waals surface area contributed by atoms with Gasteiger partial charge in [0.15, 0.2) is 5.82 Å². The Morgan fingerprint density at radius 3 is 2.70 bits per heavy atom. The van der Waals surface area contributed by atoms with Crippen molar-refractivity contribution in [3.05, 3.63) is 23.5 Å². The van der Waals surface area contributed by atoms with E-state index in [9.17, 15) is 0 Å². The van der Waals surface area contributed by atoms with Crippen molar-refractivity contribution in [1.82, 2.24) is 14.8 Å². The second-order valence-electron chi connectivity index (χ2n) is 6.58. The van der Waals surface area contributed by atoms with Gasteiger partial charge in [0.2, 0.25) is 5.95 Å². The number of aliphatic imine (C=N–C) groups is 1. The second-order valence-corrected chi connectivity index (χ2v) is 12.7. The maximum absolute atomic E-state index is 5.81. The summed E-state index contributed by atoms with van der Waals surface area (Å²) in [6, 6.07) is 1.12. The number of nitrogens with zero attached hydrogens (tertiary/aromatic N) is 4. The van der Waals surface area contributed by atoms with Crippen LogP contribution in [0.2, 0.25) is 25.7 Å². The lowest BCUT2D eigenvalue weighted by Gasteiger charge is -2.15. The number of halogens is 1. The molecule has 0 saturated heterocycles. The Bertz CT molecular complexity index is 587. The molecule has 0 radical (unpaired) electrons. The molecule has 0 fully saturated rings. The molecule has 5 nitrogen and oxygen atoms in total. The summed E-state index contributed by atoms with van der Waals surface area (Å²) in [6.07, 6.45) is 4.39. The number of rotatable bonds is 9. The molecule has 1 rings (SSSR count). The molecule has 0 bridgehead atoms. The van der Waals surface area contributed by atoms with Crippen molar-refractivity contribution in [2.75, 3.05) is 6.61 Å². The third-order valence-corrected chi connectivity index (χ3v) is 4.79. The van der Waals surface area contributed by atoms with Gasteiger partial charge in [-0.2, -0.15) is 4.98 Å². The Balaban J connectivity index is 2.85. The van der Waals surface area contributed by atoms with E-state index in [2.05, 4.69) is 41.3 Å². The molecule has 0 saturated carbocycles. The summed E-state index contributed by atoms with van der Waals surface area (Å²) in [6.45, 7) is 15.6. The van der Waals surface area contributed by atoms with E-state index in [1.807, 2.05) is 20.1 Å². The topological polar surface area (TPSA) is 52.3 Å². The molecule has 0 amide bonds. The zero-order valence-electron chi connectivity index (χ0n) is 14.8. The molecule has 0 aromatic carbocycles. The first kappa shape index (κ1) is 19.8. The summed E-state index contributed by atoms with van der Waals surface area (Å²) in [5.74, 6) is 1.13. The van der Waals surface area contributed by atoms with Crippen LogP contribution in [-0.4, -0.2) is 35.7 Å². The van der Waals surface area contributed by atoms with Gasteiger partial charge in [-0.1, -0.05) is 44.7 Å². The molecule has 0 unspecified atom stereocenters. The molecule has 1 aromatic heterocycles. The molecule has 1 heterocycles. The van der Waals surface area contributed by atoms with Gasteiger partial charge in [0.25, 0.3) is 0 Å². The van der Waals surface area contributed by atoms with Gasteiger partial charge in [-0.25, -0.2) is 9.67 Å². The summed E-state index contributed by atoms with van der Waals surface area (Å²) in [7, 11) is -1.09. The zero-order chi connectivity index (χ0) is 17.5. The van der Waals surface area contributed by atoms with Gasteiger partial charge in [0.05, 0.1) is 0 Å². The lowest BCUT2D eigenvalue weighted by molar-refractivity contribution is 0.0796.